The Bertz CT molecular complexity index is 458. The Balaban J connectivity index is 3.25. The van der Waals surface area contributed by atoms with E-state index >= 15 is 0 Å². The molecule has 22 heavy (non-hydrogen) atoms. The fraction of sp³-hybridized carbons (Fsp3) is 0.571. The Labute approximate surface area is 135 Å². The van der Waals surface area contributed by atoms with Crippen LogP contribution < -0.4 is 5.19 Å². The lowest BCUT2D eigenvalue weighted by Crippen LogP contribution is -2.55. The minimum atomic E-state index is -2.87. The van der Waals surface area contributed by atoms with Gasteiger partial charge < -0.3 is 26.6 Å². The molecule has 0 aliphatic carbocycles. The Hall–Kier alpha value is -0.586. The summed E-state index contributed by atoms with van der Waals surface area (Å²) < 4.78 is 33.2. The fourth-order valence-electron chi connectivity index (χ4n) is 2.46. The molecule has 0 bridgehead atoms. The molecule has 8 heteroatoms. The van der Waals surface area contributed by atoms with E-state index < -0.39 is 17.6 Å². The predicted octanol–water partition coefficient (Wildman–Crippen LogP) is 1.04. The summed E-state index contributed by atoms with van der Waals surface area (Å²) >= 11 is 0. The van der Waals surface area contributed by atoms with Crippen molar-refractivity contribution >= 4 is 22.8 Å². The van der Waals surface area contributed by atoms with Crippen LogP contribution in [0, 0.1) is 6.92 Å². The summed E-state index contributed by atoms with van der Waals surface area (Å²) in [7, 11) is 4.04. The van der Waals surface area contributed by atoms with Gasteiger partial charge in [0.05, 0.1) is 0 Å². The van der Waals surface area contributed by atoms with Crippen molar-refractivity contribution in [3.63, 3.8) is 0 Å². The maximum absolute atomic E-state index is 5.55. The maximum Gasteiger partial charge on any atom is 0.536 e. The second-order valence-electron chi connectivity index (χ2n) is 4.85. The van der Waals surface area contributed by atoms with Crippen molar-refractivity contribution in [3.8, 4) is 0 Å². The zero-order valence-electron chi connectivity index (χ0n) is 14.4. The molecule has 1 aromatic rings. The number of rotatable bonds is 9. The van der Waals surface area contributed by atoms with E-state index in [1.807, 2.05) is 19.1 Å². The first-order valence-electron chi connectivity index (χ1n) is 6.86. The Morgan fingerprint density at radius 2 is 1.23 bits per heavy atom. The summed E-state index contributed by atoms with van der Waals surface area (Å²) in [6.07, 6.45) is 0. The third kappa shape index (κ3) is 4.03. The quantitative estimate of drug-likeness (QED) is 0.623. The molecular formula is C14H26O6Si2. The van der Waals surface area contributed by atoms with E-state index in [1.165, 1.54) is 0 Å². The highest BCUT2D eigenvalue weighted by Gasteiger charge is 2.42. The Morgan fingerprint density at radius 3 is 1.64 bits per heavy atom. The summed E-state index contributed by atoms with van der Waals surface area (Å²) in [5.74, 6) is 0. The van der Waals surface area contributed by atoms with E-state index in [-0.39, 0.29) is 0 Å². The Kier molecular flexibility index (Phi) is 7.36. The lowest BCUT2D eigenvalue weighted by molar-refractivity contribution is 0.122. The molecule has 0 spiro atoms. The summed E-state index contributed by atoms with van der Waals surface area (Å²) in [6, 6.07) is 6.66. The first kappa shape index (κ1) is 19.5. The molecule has 0 radical (unpaired) electrons. The molecule has 0 unspecified atom stereocenters. The largest absolute Gasteiger partial charge is 0.536 e. The van der Waals surface area contributed by atoms with Gasteiger partial charge in [0.15, 0.2) is 0 Å². The molecule has 126 valence electrons. The zero-order chi connectivity index (χ0) is 16.8. The van der Waals surface area contributed by atoms with Crippen LogP contribution >= 0.6 is 0 Å². The molecule has 0 saturated heterocycles. The normalized spacial score (nSPS) is 12.7. The van der Waals surface area contributed by atoms with E-state index in [0.717, 1.165) is 16.3 Å². The highest BCUT2D eigenvalue weighted by atomic mass is 28.4. The summed E-state index contributed by atoms with van der Waals surface area (Å²) in [6.45, 7) is 2.02. The first-order chi connectivity index (χ1) is 10.4. The second kappa shape index (κ2) is 8.32. The summed E-state index contributed by atoms with van der Waals surface area (Å²) in [5, 5.41) is 0.904. The molecule has 0 heterocycles. The molecule has 1 aromatic carbocycles. The molecular weight excluding hydrogens is 320 g/mol. The average molecular weight is 347 g/mol. The van der Waals surface area contributed by atoms with Gasteiger partial charge in [0.1, 0.15) is 0 Å². The van der Waals surface area contributed by atoms with Crippen molar-refractivity contribution in [2.75, 3.05) is 42.7 Å². The van der Waals surface area contributed by atoms with E-state index in [0.29, 0.717) is 6.04 Å². The summed E-state index contributed by atoms with van der Waals surface area (Å²) in [5.41, 5.74) is 2.12. The van der Waals surface area contributed by atoms with Gasteiger partial charge in [-0.1, -0.05) is 23.8 Å². The van der Waals surface area contributed by atoms with Crippen LogP contribution in [0.1, 0.15) is 11.1 Å². The van der Waals surface area contributed by atoms with Gasteiger partial charge in [-0.2, -0.15) is 0 Å². The van der Waals surface area contributed by atoms with Gasteiger partial charge in [-0.05, 0) is 12.5 Å². The minimum absolute atomic E-state index is 0.562. The van der Waals surface area contributed by atoms with Gasteiger partial charge in [-0.25, -0.2) is 0 Å². The van der Waals surface area contributed by atoms with Crippen molar-refractivity contribution in [2.24, 2.45) is 0 Å². The molecule has 0 amide bonds. The molecule has 0 fully saturated rings. The second-order valence-corrected chi connectivity index (χ2v) is 10.7. The topological polar surface area (TPSA) is 55.4 Å². The van der Waals surface area contributed by atoms with Crippen molar-refractivity contribution in [3.05, 3.63) is 29.3 Å². The number of benzene rings is 1. The van der Waals surface area contributed by atoms with Crippen LogP contribution in [0.3, 0.4) is 0 Å². The van der Waals surface area contributed by atoms with E-state index in [2.05, 4.69) is 6.07 Å². The SMILES string of the molecule is CO[Si](Cc1cc(C)cc([Si](OC)(OC)OC)c1)(OC)OC. The van der Waals surface area contributed by atoms with Crippen LogP contribution in [0.4, 0.5) is 0 Å². The maximum atomic E-state index is 5.55. The van der Waals surface area contributed by atoms with Crippen molar-refractivity contribution in [2.45, 2.75) is 13.0 Å². The molecule has 0 atom stereocenters. The molecule has 0 aliphatic rings. The predicted molar refractivity (Wildman–Crippen MR) is 88.1 cm³/mol. The van der Waals surface area contributed by atoms with Crippen LogP contribution in [0.25, 0.3) is 0 Å². The molecule has 1 rings (SSSR count). The van der Waals surface area contributed by atoms with Crippen LogP contribution in [-0.4, -0.2) is 60.3 Å². The highest BCUT2D eigenvalue weighted by Crippen LogP contribution is 2.17. The number of hydrogen-bond acceptors (Lipinski definition) is 6. The average Bonchev–Trinajstić information content (AvgIpc) is 2.54. The lowest BCUT2D eigenvalue weighted by Gasteiger charge is -2.27. The fourth-order valence-corrected chi connectivity index (χ4v) is 6.07. The zero-order valence-corrected chi connectivity index (χ0v) is 16.4. The number of hydrogen-bond donors (Lipinski definition) is 0. The van der Waals surface area contributed by atoms with E-state index in [1.54, 1.807) is 42.7 Å². The van der Waals surface area contributed by atoms with Crippen LogP contribution in [0.15, 0.2) is 18.2 Å². The smallest absolute Gasteiger partial charge is 0.377 e. The molecule has 0 aromatic heterocycles. The standard InChI is InChI=1S/C14H26O6Si2/c1-12-8-13(11-21(15-2,16-3)17-4)10-14(9-12)22(18-5,19-6)20-7/h8-10H,11H2,1-7H3. The van der Waals surface area contributed by atoms with E-state index in [4.69, 9.17) is 26.6 Å². The molecule has 0 aliphatic heterocycles. The molecule has 0 N–H and O–H groups in total. The van der Waals surface area contributed by atoms with Gasteiger partial charge in [0, 0.05) is 53.9 Å². The number of aryl methyl sites for hydroxylation is 1. The Morgan fingerprint density at radius 1 is 0.727 bits per heavy atom. The first-order valence-corrected chi connectivity index (χ1v) is 10.5. The van der Waals surface area contributed by atoms with Crippen molar-refractivity contribution < 1.29 is 26.6 Å². The van der Waals surface area contributed by atoms with Crippen molar-refractivity contribution in [1.82, 2.24) is 0 Å². The highest BCUT2D eigenvalue weighted by molar-refractivity contribution is 6.75. The summed E-state index contributed by atoms with van der Waals surface area (Å²) in [4.78, 5) is 0. The third-order valence-electron chi connectivity index (χ3n) is 3.65. The monoisotopic (exact) mass is 346 g/mol. The van der Waals surface area contributed by atoms with E-state index in [9.17, 15) is 0 Å². The van der Waals surface area contributed by atoms with Gasteiger partial charge in [-0.3, -0.25) is 0 Å². The minimum Gasteiger partial charge on any atom is -0.377 e. The van der Waals surface area contributed by atoms with Crippen LogP contribution in [0.2, 0.25) is 0 Å². The van der Waals surface area contributed by atoms with Gasteiger partial charge in [-0.15, -0.1) is 0 Å². The van der Waals surface area contributed by atoms with Gasteiger partial charge in [0.2, 0.25) is 0 Å². The van der Waals surface area contributed by atoms with Gasteiger partial charge in [0.25, 0.3) is 0 Å². The van der Waals surface area contributed by atoms with Crippen LogP contribution in [0.5, 0.6) is 0 Å². The van der Waals surface area contributed by atoms with Crippen LogP contribution in [-0.2, 0) is 32.6 Å². The van der Waals surface area contributed by atoms with Gasteiger partial charge >= 0.3 is 17.6 Å². The molecule has 0 saturated carbocycles. The van der Waals surface area contributed by atoms with Crippen molar-refractivity contribution in [1.29, 1.82) is 0 Å². The lowest BCUT2D eigenvalue weighted by atomic mass is 10.2. The third-order valence-corrected chi connectivity index (χ3v) is 8.97. The molecule has 6 nitrogen and oxygen atoms in total.